The molecule has 1 aliphatic carbocycles. The molecule has 86 valence electrons. The molecule has 1 rings (SSSR count). The molecule has 0 aromatic carbocycles. The maximum atomic E-state index is 3.82. The Bertz CT molecular complexity index is 316. The van der Waals surface area contributed by atoms with Crippen LogP contribution in [0.5, 0.6) is 0 Å². The largest absolute Gasteiger partial charge is 0.329 e. The second-order valence-electron chi connectivity index (χ2n) is 6.31. The van der Waals surface area contributed by atoms with Gasteiger partial charge in [0.1, 0.15) is 8.24 Å². The quantitative estimate of drug-likeness (QED) is 0.702. The number of hydrogen-bond acceptors (Lipinski definition) is 1. The van der Waals surface area contributed by atoms with E-state index in [4.69, 9.17) is 0 Å². The minimum Gasteiger partial charge on any atom is -0.329 e. The fourth-order valence-corrected chi connectivity index (χ4v) is 5.60. The molecule has 0 saturated carbocycles. The molecule has 1 N–H and O–H groups in total. The average molecular weight is 223 g/mol. The highest BCUT2D eigenvalue weighted by atomic mass is 28.3. The van der Waals surface area contributed by atoms with Crippen molar-refractivity contribution in [2.45, 2.75) is 59.7 Å². The Kier molecular flexibility index (Phi) is 3.32. The Labute approximate surface area is 95.7 Å². The highest BCUT2D eigenvalue weighted by Gasteiger charge is 2.32. The van der Waals surface area contributed by atoms with Gasteiger partial charge in [0, 0.05) is 5.54 Å². The SMILES string of the molecule is CC1=C(C)CC([Si](C)(C)NC(C)(C)C)=C1. The van der Waals surface area contributed by atoms with E-state index in [9.17, 15) is 0 Å². The number of rotatable bonds is 2. The van der Waals surface area contributed by atoms with Gasteiger partial charge in [0.25, 0.3) is 0 Å². The van der Waals surface area contributed by atoms with Crippen LogP contribution in [0.15, 0.2) is 22.4 Å². The van der Waals surface area contributed by atoms with Crippen LogP contribution in [-0.4, -0.2) is 13.8 Å². The van der Waals surface area contributed by atoms with Crippen molar-refractivity contribution in [2.24, 2.45) is 0 Å². The van der Waals surface area contributed by atoms with Crippen molar-refractivity contribution in [3.63, 3.8) is 0 Å². The summed E-state index contributed by atoms with van der Waals surface area (Å²) in [5.74, 6) is 0. The molecule has 15 heavy (non-hydrogen) atoms. The van der Waals surface area contributed by atoms with Crippen LogP contribution in [0.2, 0.25) is 13.1 Å². The highest BCUT2D eigenvalue weighted by Crippen LogP contribution is 2.30. The maximum absolute atomic E-state index is 3.82. The van der Waals surface area contributed by atoms with E-state index >= 15 is 0 Å². The van der Waals surface area contributed by atoms with Crippen molar-refractivity contribution in [2.75, 3.05) is 0 Å². The first-order chi connectivity index (χ1) is 6.62. The second kappa shape index (κ2) is 3.91. The van der Waals surface area contributed by atoms with Gasteiger partial charge in [-0.15, -0.1) is 0 Å². The lowest BCUT2D eigenvalue weighted by Crippen LogP contribution is -2.55. The topological polar surface area (TPSA) is 12.0 Å². The first-order valence-electron chi connectivity index (χ1n) is 5.78. The van der Waals surface area contributed by atoms with Gasteiger partial charge in [-0.2, -0.15) is 0 Å². The molecule has 0 unspecified atom stereocenters. The normalized spacial score (nSPS) is 18.5. The molecule has 0 amide bonds. The van der Waals surface area contributed by atoms with E-state index in [0.717, 1.165) is 0 Å². The second-order valence-corrected chi connectivity index (χ2v) is 10.5. The summed E-state index contributed by atoms with van der Waals surface area (Å²) in [6.07, 6.45) is 3.59. The summed E-state index contributed by atoms with van der Waals surface area (Å²) in [6, 6.07) is 0. The minimum absolute atomic E-state index is 0.223. The summed E-state index contributed by atoms with van der Waals surface area (Å²) in [7, 11) is -1.42. The summed E-state index contributed by atoms with van der Waals surface area (Å²) in [5, 5.41) is 1.65. The summed E-state index contributed by atoms with van der Waals surface area (Å²) in [6.45, 7) is 16.1. The Morgan fingerprint density at radius 1 is 1.20 bits per heavy atom. The lowest BCUT2D eigenvalue weighted by atomic mass is 10.1. The minimum atomic E-state index is -1.42. The zero-order valence-electron chi connectivity index (χ0n) is 11.3. The molecular weight excluding hydrogens is 198 g/mol. The lowest BCUT2D eigenvalue weighted by Gasteiger charge is -2.34. The predicted molar refractivity (Wildman–Crippen MR) is 71.4 cm³/mol. The number of allylic oxidation sites excluding steroid dienone is 4. The van der Waals surface area contributed by atoms with Crippen LogP contribution in [-0.2, 0) is 0 Å². The van der Waals surface area contributed by atoms with E-state index < -0.39 is 8.24 Å². The van der Waals surface area contributed by atoms with Crippen LogP contribution in [0, 0.1) is 0 Å². The van der Waals surface area contributed by atoms with E-state index in [-0.39, 0.29) is 5.54 Å². The van der Waals surface area contributed by atoms with Crippen LogP contribution in [0.4, 0.5) is 0 Å². The van der Waals surface area contributed by atoms with Crippen molar-refractivity contribution in [1.29, 1.82) is 0 Å². The molecule has 2 heteroatoms. The molecule has 0 aliphatic heterocycles. The van der Waals surface area contributed by atoms with E-state index in [1.165, 1.54) is 12.0 Å². The molecule has 1 aliphatic rings. The molecule has 0 fully saturated rings. The van der Waals surface area contributed by atoms with E-state index in [0.29, 0.717) is 0 Å². The van der Waals surface area contributed by atoms with Gasteiger partial charge < -0.3 is 4.98 Å². The third-order valence-electron chi connectivity index (χ3n) is 3.01. The van der Waals surface area contributed by atoms with Crippen molar-refractivity contribution in [1.82, 2.24) is 4.98 Å². The maximum Gasteiger partial charge on any atom is 0.148 e. The predicted octanol–water partition coefficient (Wildman–Crippen LogP) is 3.79. The average Bonchev–Trinajstić information content (AvgIpc) is 2.27. The summed E-state index contributed by atoms with van der Waals surface area (Å²) in [4.78, 5) is 3.82. The summed E-state index contributed by atoms with van der Waals surface area (Å²) in [5.41, 5.74) is 3.24. The summed E-state index contributed by atoms with van der Waals surface area (Å²) >= 11 is 0. The smallest absolute Gasteiger partial charge is 0.148 e. The Morgan fingerprint density at radius 2 is 1.73 bits per heavy atom. The molecule has 0 bridgehead atoms. The van der Waals surface area contributed by atoms with Crippen LogP contribution < -0.4 is 4.98 Å². The standard InChI is InChI=1S/C13H25NSi/c1-10-8-12(9-11(10)2)15(6,7)14-13(3,4)5/h8,14H,9H2,1-7H3. The fourth-order valence-electron chi connectivity index (χ4n) is 2.28. The molecule has 0 radical (unpaired) electrons. The van der Waals surface area contributed by atoms with E-state index in [1.54, 1.807) is 10.8 Å². The Morgan fingerprint density at radius 3 is 2.07 bits per heavy atom. The number of nitrogens with one attached hydrogen (secondary N) is 1. The van der Waals surface area contributed by atoms with Crippen LogP contribution in [0.3, 0.4) is 0 Å². The third-order valence-corrected chi connectivity index (χ3v) is 6.31. The molecule has 1 nitrogen and oxygen atoms in total. The Balaban J connectivity index is 2.78. The Hall–Kier alpha value is -0.343. The van der Waals surface area contributed by atoms with Crippen molar-refractivity contribution in [3.05, 3.63) is 22.4 Å². The van der Waals surface area contributed by atoms with Gasteiger partial charge in [-0.1, -0.05) is 35.5 Å². The molecule has 0 spiro atoms. The van der Waals surface area contributed by atoms with Crippen molar-refractivity contribution in [3.8, 4) is 0 Å². The molecule has 0 aromatic heterocycles. The zero-order valence-corrected chi connectivity index (χ0v) is 12.3. The van der Waals surface area contributed by atoms with Crippen molar-refractivity contribution < 1.29 is 0 Å². The van der Waals surface area contributed by atoms with Crippen LogP contribution in [0.1, 0.15) is 41.0 Å². The van der Waals surface area contributed by atoms with Gasteiger partial charge in [-0.3, -0.25) is 0 Å². The van der Waals surface area contributed by atoms with E-state index in [1.807, 2.05) is 0 Å². The first-order valence-corrected chi connectivity index (χ1v) is 8.78. The van der Waals surface area contributed by atoms with Gasteiger partial charge in [-0.25, -0.2) is 0 Å². The third kappa shape index (κ3) is 3.32. The van der Waals surface area contributed by atoms with Gasteiger partial charge in [0.15, 0.2) is 0 Å². The monoisotopic (exact) mass is 223 g/mol. The molecule has 0 heterocycles. The van der Waals surface area contributed by atoms with Crippen LogP contribution >= 0.6 is 0 Å². The molecule has 0 atom stereocenters. The first kappa shape index (κ1) is 12.7. The lowest BCUT2D eigenvalue weighted by molar-refractivity contribution is 0.513. The highest BCUT2D eigenvalue weighted by molar-refractivity contribution is 6.82. The van der Waals surface area contributed by atoms with Gasteiger partial charge in [0.05, 0.1) is 0 Å². The molecule has 0 saturated heterocycles. The van der Waals surface area contributed by atoms with Gasteiger partial charge in [0.2, 0.25) is 0 Å². The van der Waals surface area contributed by atoms with Crippen molar-refractivity contribution >= 4 is 8.24 Å². The summed E-state index contributed by atoms with van der Waals surface area (Å²) < 4.78 is 0. The fraction of sp³-hybridized carbons (Fsp3) is 0.692. The van der Waals surface area contributed by atoms with Gasteiger partial charge in [-0.05, 0) is 41.0 Å². The molecule has 0 aromatic rings. The van der Waals surface area contributed by atoms with Crippen LogP contribution in [0.25, 0.3) is 0 Å². The zero-order chi connectivity index (χ0) is 11.9. The van der Waals surface area contributed by atoms with E-state index in [2.05, 4.69) is 58.8 Å². The van der Waals surface area contributed by atoms with Gasteiger partial charge >= 0.3 is 0 Å². The molecular formula is C13H25NSi. The number of hydrogen-bond donors (Lipinski definition) is 1.